The van der Waals surface area contributed by atoms with Gasteiger partial charge in [0.25, 0.3) is 0 Å². The van der Waals surface area contributed by atoms with Gasteiger partial charge in [-0.25, -0.2) is 4.98 Å². The van der Waals surface area contributed by atoms with E-state index in [1.165, 1.54) is 4.90 Å². The molecule has 0 fully saturated rings. The third kappa shape index (κ3) is 4.50. The van der Waals surface area contributed by atoms with Crippen molar-refractivity contribution in [1.29, 1.82) is 0 Å². The van der Waals surface area contributed by atoms with Crippen LogP contribution in [0.4, 0.5) is 5.82 Å². The lowest BCUT2D eigenvalue weighted by molar-refractivity contribution is -0.136. The van der Waals surface area contributed by atoms with Crippen LogP contribution in [-0.4, -0.2) is 36.1 Å². The molecule has 0 bridgehead atoms. The van der Waals surface area contributed by atoms with Gasteiger partial charge >= 0.3 is 0 Å². The van der Waals surface area contributed by atoms with Crippen molar-refractivity contribution in [2.24, 2.45) is 5.92 Å². The van der Waals surface area contributed by atoms with Crippen molar-refractivity contribution in [3.63, 3.8) is 0 Å². The first-order valence-corrected chi connectivity index (χ1v) is 10.6. The fraction of sp³-hybridized carbons (Fsp3) is 0.364. The Balaban J connectivity index is 2.00. The molecule has 5 nitrogen and oxygen atoms in total. The molecule has 6 heteroatoms. The summed E-state index contributed by atoms with van der Waals surface area (Å²) in [6, 6.07) is 12.2. The number of fused-ring (bicyclic) bond motifs is 1. The number of hydrogen-bond donors (Lipinski definition) is 0. The van der Waals surface area contributed by atoms with E-state index in [2.05, 4.69) is 30.5 Å². The van der Waals surface area contributed by atoms with E-state index in [0.29, 0.717) is 13.1 Å². The zero-order valence-electron chi connectivity index (χ0n) is 17.1. The third-order valence-corrected chi connectivity index (χ3v) is 5.32. The number of benzene rings is 1. The van der Waals surface area contributed by atoms with Crippen molar-refractivity contribution in [3.8, 4) is 0 Å². The molecule has 0 saturated carbocycles. The van der Waals surface area contributed by atoms with Crippen molar-refractivity contribution in [2.45, 2.75) is 31.8 Å². The molecular formula is C22H27N3O2S. The number of carbonyl (C=O) groups excluding carboxylic acids is 1. The van der Waals surface area contributed by atoms with Gasteiger partial charge < -0.3 is 14.2 Å². The molecule has 0 aliphatic rings. The molecule has 0 saturated heterocycles. The number of carbonyl (C=O) groups is 1. The second-order valence-electron chi connectivity index (χ2n) is 7.35. The van der Waals surface area contributed by atoms with Crippen LogP contribution in [0.5, 0.6) is 0 Å². The van der Waals surface area contributed by atoms with E-state index in [1.54, 1.807) is 18.0 Å². The molecule has 3 aromatic rings. The maximum atomic E-state index is 12.8. The lowest BCUT2D eigenvalue weighted by Crippen LogP contribution is -2.33. The molecule has 0 radical (unpaired) electrons. The third-order valence-electron chi connectivity index (χ3n) is 4.60. The molecule has 0 unspecified atom stereocenters. The molecule has 2 heterocycles. The highest BCUT2D eigenvalue weighted by Gasteiger charge is 2.21. The normalized spacial score (nSPS) is 11.2. The van der Waals surface area contributed by atoms with Crippen LogP contribution in [0, 0.1) is 5.92 Å². The Morgan fingerprint density at radius 1 is 1.18 bits per heavy atom. The van der Waals surface area contributed by atoms with E-state index < -0.39 is 0 Å². The molecule has 0 N–H and O–H groups in total. The number of aromatic nitrogens is 1. The van der Waals surface area contributed by atoms with Crippen LogP contribution in [0.15, 0.2) is 52.0 Å². The SMILES string of the molecule is CSc1ccc2cc(CN(Cc3ccco3)C(=O)C(C)C)c(N(C)C)nc2c1. The molecule has 28 heavy (non-hydrogen) atoms. The van der Waals surface area contributed by atoms with Gasteiger partial charge in [0.05, 0.1) is 18.3 Å². The van der Waals surface area contributed by atoms with Gasteiger partial charge in [0.15, 0.2) is 0 Å². The van der Waals surface area contributed by atoms with Gasteiger partial charge in [-0.05, 0) is 36.6 Å². The number of anilines is 1. The smallest absolute Gasteiger partial charge is 0.225 e. The average molecular weight is 398 g/mol. The first kappa shape index (κ1) is 20.3. The zero-order valence-corrected chi connectivity index (χ0v) is 17.9. The Bertz CT molecular complexity index is 952. The molecule has 2 aromatic heterocycles. The summed E-state index contributed by atoms with van der Waals surface area (Å²) in [5, 5.41) is 1.08. The lowest BCUT2D eigenvalue weighted by atomic mass is 10.1. The highest BCUT2D eigenvalue weighted by molar-refractivity contribution is 7.98. The Morgan fingerprint density at radius 2 is 1.96 bits per heavy atom. The number of rotatable bonds is 7. The fourth-order valence-electron chi connectivity index (χ4n) is 3.18. The lowest BCUT2D eigenvalue weighted by Gasteiger charge is -2.26. The maximum absolute atomic E-state index is 12.8. The van der Waals surface area contributed by atoms with Crippen molar-refractivity contribution >= 4 is 34.4 Å². The van der Waals surface area contributed by atoms with E-state index in [9.17, 15) is 4.79 Å². The molecule has 0 aliphatic heterocycles. The first-order valence-electron chi connectivity index (χ1n) is 9.35. The number of hydrogen-bond acceptors (Lipinski definition) is 5. The summed E-state index contributed by atoms with van der Waals surface area (Å²) in [4.78, 5) is 22.8. The summed E-state index contributed by atoms with van der Waals surface area (Å²) in [5.74, 6) is 1.67. The second kappa shape index (κ2) is 8.69. The Morgan fingerprint density at radius 3 is 2.57 bits per heavy atom. The number of thioether (sulfide) groups is 1. The molecule has 0 atom stereocenters. The number of nitrogens with zero attached hydrogens (tertiary/aromatic N) is 3. The minimum absolute atomic E-state index is 0.0877. The molecule has 0 aliphatic carbocycles. The summed E-state index contributed by atoms with van der Waals surface area (Å²) >= 11 is 1.71. The number of amides is 1. The Labute approximate surface area is 170 Å². The van der Waals surface area contributed by atoms with Crippen LogP contribution >= 0.6 is 11.8 Å². The summed E-state index contributed by atoms with van der Waals surface area (Å²) in [7, 11) is 3.97. The van der Waals surface area contributed by atoms with Crippen LogP contribution in [-0.2, 0) is 17.9 Å². The van der Waals surface area contributed by atoms with Crippen LogP contribution in [0.3, 0.4) is 0 Å². The number of pyridine rings is 1. The minimum Gasteiger partial charge on any atom is -0.467 e. The highest BCUT2D eigenvalue weighted by atomic mass is 32.2. The van der Waals surface area contributed by atoms with Gasteiger partial charge in [0.1, 0.15) is 11.6 Å². The van der Waals surface area contributed by atoms with Crippen LogP contribution in [0.2, 0.25) is 0 Å². The predicted octanol–water partition coefficient (Wildman–Crippen LogP) is 4.80. The van der Waals surface area contributed by atoms with Gasteiger partial charge in [-0.1, -0.05) is 19.9 Å². The molecule has 3 rings (SSSR count). The quantitative estimate of drug-likeness (QED) is 0.536. The van der Waals surface area contributed by atoms with E-state index >= 15 is 0 Å². The van der Waals surface area contributed by atoms with Crippen molar-refractivity contribution in [1.82, 2.24) is 9.88 Å². The molecule has 1 amide bonds. The van der Waals surface area contributed by atoms with Gasteiger partial charge in [-0.2, -0.15) is 0 Å². The van der Waals surface area contributed by atoms with Gasteiger partial charge in [-0.3, -0.25) is 4.79 Å². The van der Waals surface area contributed by atoms with Gasteiger partial charge in [0, 0.05) is 42.4 Å². The van der Waals surface area contributed by atoms with Gasteiger partial charge in [-0.15, -0.1) is 11.8 Å². The monoisotopic (exact) mass is 397 g/mol. The average Bonchev–Trinajstić information content (AvgIpc) is 3.18. The van der Waals surface area contributed by atoms with E-state index in [4.69, 9.17) is 9.40 Å². The summed E-state index contributed by atoms with van der Waals surface area (Å²) in [6.07, 6.45) is 3.70. The first-order chi connectivity index (χ1) is 13.4. The van der Waals surface area contributed by atoms with E-state index in [1.807, 2.05) is 49.9 Å². The molecule has 148 valence electrons. The fourth-order valence-corrected chi connectivity index (χ4v) is 3.62. The predicted molar refractivity (Wildman–Crippen MR) is 116 cm³/mol. The summed E-state index contributed by atoms with van der Waals surface area (Å²) < 4.78 is 5.48. The molecule has 1 aromatic carbocycles. The summed E-state index contributed by atoms with van der Waals surface area (Å²) in [5.41, 5.74) is 1.99. The topological polar surface area (TPSA) is 49.6 Å². The Kier molecular flexibility index (Phi) is 6.29. The van der Waals surface area contributed by atoms with Crippen molar-refractivity contribution in [3.05, 3.63) is 54.0 Å². The summed E-state index contributed by atoms with van der Waals surface area (Å²) in [6.45, 7) is 4.78. The van der Waals surface area contributed by atoms with Crippen LogP contribution in [0.1, 0.15) is 25.2 Å². The van der Waals surface area contributed by atoms with Crippen molar-refractivity contribution < 1.29 is 9.21 Å². The number of furan rings is 1. The highest BCUT2D eigenvalue weighted by Crippen LogP contribution is 2.27. The molecular weight excluding hydrogens is 370 g/mol. The zero-order chi connectivity index (χ0) is 20.3. The van der Waals surface area contributed by atoms with E-state index in [-0.39, 0.29) is 11.8 Å². The standard InChI is InChI=1S/C22H27N3O2S/c1-15(2)22(26)25(14-18-7-6-10-27-18)13-17-11-16-8-9-19(28-5)12-20(16)23-21(17)24(3)4/h6-12,15H,13-14H2,1-5H3. The van der Waals surface area contributed by atoms with Gasteiger partial charge in [0.2, 0.25) is 5.91 Å². The van der Waals surface area contributed by atoms with Crippen molar-refractivity contribution in [2.75, 3.05) is 25.3 Å². The second-order valence-corrected chi connectivity index (χ2v) is 8.23. The minimum atomic E-state index is -0.0877. The molecule has 0 spiro atoms. The van der Waals surface area contributed by atoms with E-state index in [0.717, 1.165) is 28.0 Å². The largest absolute Gasteiger partial charge is 0.467 e. The van der Waals surface area contributed by atoms with Crippen LogP contribution < -0.4 is 4.90 Å². The van der Waals surface area contributed by atoms with Crippen LogP contribution in [0.25, 0.3) is 10.9 Å². The Hall–Kier alpha value is -2.47. The maximum Gasteiger partial charge on any atom is 0.225 e.